The highest BCUT2D eigenvalue weighted by molar-refractivity contribution is 7.99. The van der Waals surface area contributed by atoms with Gasteiger partial charge in [0.25, 0.3) is 0 Å². The van der Waals surface area contributed by atoms with Crippen LogP contribution in [0.3, 0.4) is 0 Å². The molecule has 1 amide bonds. The Hall–Kier alpha value is -1.16. The summed E-state index contributed by atoms with van der Waals surface area (Å²) >= 11 is 2.00. The van der Waals surface area contributed by atoms with E-state index in [0.29, 0.717) is 19.0 Å². The van der Waals surface area contributed by atoms with Gasteiger partial charge in [0.05, 0.1) is 6.42 Å². The fraction of sp³-hybridized carbons (Fsp3) is 0.500. The summed E-state index contributed by atoms with van der Waals surface area (Å²) in [4.78, 5) is 11.4. The minimum atomic E-state index is 0.0883. The topological polar surface area (TPSA) is 41.1 Å². The van der Waals surface area contributed by atoms with Crippen molar-refractivity contribution in [1.29, 1.82) is 0 Å². The Morgan fingerprint density at radius 2 is 2.17 bits per heavy atom. The number of carbonyl (C=O) groups excluding carboxylic acids is 1. The van der Waals surface area contributed by atoms with Gasteiger partial charge in [0, 0.05) is 24.0 Å². The molecule has 1 saturated heterocycles. The third kappa shape index (κ3) is 3.95. The Morgan fingerprint density at radius 3 is 2.78 bits per heavy atom. The van der Waals surface area contributed by atoms with Gasteiger partial charge in [-0.1, -0.05) is 12.1 Å². The summed E-state index contributed by atoms with van der Waals surface area (Å²) in [5.74, 6) is 2.54. The molecule has 0 saturated carbocycles. The first-order valence-corrected chi connectivity index (χ1v) is 7.63. The summed E-state index contributed by atoms with van der Waals surface area (Å²) in [6.07, 6.45) is 1.71. The summed E-state index contributed by atoms with van der Waals surface area (Å²) < 4.78 is 0. The summed E-state index contributed by atoms with van der Waals surface area (Å²) in [5.41, 5.74) is 2.22. The maximum Gasteiger partial charge on any atom is 0.224 e. The third-order valence-electron chi connectivity index (χ3n) is 2.99. The van der Waals surface area contributed by atoms with Gasteiger partial charge in [-0.25, -0.2) is 0 Å². The molecule has 0 spiro atoms. The number of rotatable bonds is 5. The van der Waals surface area contributed by atoms with Crippen molar-refractivity contribution in [3.05, 3.63) is 29.8 Å². The minimum absolute atomic E-state index is 0.0883. The molecule has 1 aliphatic rings. The normalized spacial score (nSPS) is 18.6. The number of carbonyl (C=O) groups is 1. The Balaban J connectivity index is 1.86. The first kappa shape index (κ1) is 13.3. The maximum atomic E-state index is 11.4. The van der Waals surface area contributed by atoms with Crippen molar-refractivity contribution in [2.24, 2.45) is 0 Å². The summed E-state index contributed by atoms with van der Waals surface area (Å²) in [6, 6.07) is 8.79. The molecule has 4 heteroatoms. The molecular weight excluding hydrogens is 244 g/mol. The van der Waals surface area contributed by atoms with Crippen molar-refractivity contribution < 1.29 is 4.79 Å². The second-order valence-corrected chi connectivity index (χ2v) is 5.68. The zero-order valence-electron chi connectivity index (χ0n) is 10.7. The standard InChI is InChI=1S/C14H20N2OS/c1-2-15-14(17)9-11-3-5-12(6-4-11)16-13-7-8-18-10-13/h3-6,13,16H,2,7-10H2,1H3,(H,15,17). The van der Waals surface area contributed by atoms with Crippen LogP contribution >= 0.6 is 11.8 Å². The number of benzene rings is 1. The summed E-state index contributed by atoms with van der Waals surface area (Å²) in [7, 11) is 0. The number of likely N-dealkylation sites (N-methyl/N-ethyl adjacent to an activating group) is 1. The Labute approximate surface area is 113 Å². The Bertz CT molecular complexity index is 385. The number of amides is 1. The van der Waals surface area contributed by atoms with Gasteiger partial charge >= 0.3 is 0 Å². The lowest BCUT2D eigenvalue weighted by Crippen LogP contribution is -2.24. The van der Waals surface area contributed by atoms with Crippen LogP contribution in [0.25, 0.3) is 0 Å². The molecule has 1 aliphatic heterocycles. The smallest absolute Gasteiger partial charge is 0.224 e. The van der Waals surface area contributed by atoms with Gasteiger partial charge in [0.1, 0.15) is 0 Å². The van der Waals surface area contributed by atoms with Crippen molar-refractivity contribution in [2.45, 2.75) is 25.8 Å². The quantitative estimate of drug-likeness (QED) is 0.857. The second kappa shape index (κ2) is 6.69. The lowest BCUT2D eigenvalue weighted by Gasteiger charge is -2.13. The second-order valence-electron chi connectivity index (χ2n) is 4.53. The minimum Gasteiger partial charge on any atom is -0.381 e. The SMILES string of the molecule is CCNC(=O)Cc1ccc(NC2CCSC2)cc1. The molecule has 0 aromatic heterocycles. The molecule has 1 aromatic rings. The molecule has 1 heterocycles. The first-order chi connectivity index (χ1) is 8.78. The van der Waals surface area contributed by atoms with Gasteiger partial charge in [0.15, 0.2) is 0 Å². The molecule has 98 valence electrons. The van der Waals surface area contributed by atoms with Crippen molar-refractivity contribution >= 4 is 23.4 Å². The number of hydrogen-bond acceptors (Lipinski definition) is 3. The van der Waals surface area contributed by atoms with Gasteiger partial charge in [-0.05, 0) is 36.8 Å². The maximum absolute atomic E-state index is 11.4. The van der Waals surface area contributed by atoms with E-state index in [0.717, 1.165) is 11.3 Å². The highest BCUT2D eigenvalue weighted by Crippen LogP contribution is 2.21. The van der Waals surface area contributed by atoms with Gasteiger partial charge in [-0.15, -0.1) is 0 Å². The van der Waals surface area contributed by atoms with Crippen LogP contribution in [-0.2, 0) is 11.2 Å². The van der Waals surface area contributed by atoms with Crippen molar-refractivity contribution in [3.8, 4) is 0 Å². The average molecular weight is 264 g/mol. The molecule has 18 heavy (non-hydrogen) atoms. The zero-order chi connectivity index (χ0) is 12.8. The largest absolute Gasteiger partial charge is 0.381 e. The molecule has 3 nitrogen and oxygen atoms in total. The fourth-order valence-corrected chi connectivity index (χ4v) is 3.20. The molecule has 0 aliphatic carbocycles. The van der Waals surface area contributed by atoms with Crippen LogP contribution in [0.2, 0.25) is 0 Å². The van der Waals surface area contributed by atoms with Crippen molar-refractivity contribution in [1.82, 2.24) is 5.32 Å². The van der Waals surface area contributed by atoms with Gasteiger partial charge in [-0.3, -0.25) is 4.79 Å². The monoisotopic (exact) mass is 264 g/mol. The molecule has 1 unspecified atom stereocenters. The van der Waals surface area contributed by atoms with Gasteiger partial charge < -0.3 is 10.6 Å². The predicted octanol–water partition coefficient (Wildman–Crippen LogP) is 2.28. The van der Waals surface area contributed by atoms with Crippen LogP contribution in [0.1, 0.15) is 18.9 Å². The van der Waals surface area contributed by atoms with Gasteiger partial charge in [0.2, 0.25) is 5.91 Å². The molecule has 1 aromatic carbocycles. The van der Waals surface area contributed by atoms with E-state index in [1.54, 1.807) is 0 Å². The molecular formula is C14H20N2OS. The van der Waals surface area contributed by atoms with E-state index in [2.05, 4.69) is 22.8 Å². The van der Waals surface area contributed by atoms with Crippen molar-refractivity contribution in [3.63, 3.8) is 0 Å². The summed E-state index contributed by atoms with van der Waals surface area (Å²) in [6.45, 7) is 2.63. The van der Waals surface area contributed by atoms with E-state index in [1.807, 2.05) is 30.8 Å². The molecule has 1 fully saturated rings. The third-order valence-corrected chi connectivity index (χ3v) is 4.16. The van der Waals surface area contributed by atoms with Crippen molar-refractivity contribution in [2.75, 3.05) is 23.4 Å². The molecule has 2 N–H and O–H groups in total. The van der Waals surface area contributed by atoms with E-state index < -0.39 is 0 Å². The number of hydrogen-bond donors (Lipinski definition) is 2. The zero-order valence-corrected chi connectivity index (χ0v) is 11.6. The highest BCUT2D eigenvalue weighted by atomic mass is 32.2. The Morgan fingerprint density at radius 1 is 1.39 bits per heavy atom. The lowest BCUT2D eigenvalue weighted by molar-refractivity contribution is -0.120. The van der Waals surface area contributed by atoms with Crippen LogP contribution in [-0.4, -0.2) is 30.0 Å². The molecule has 2 rings (SSSR count). The lowest BCUT2D eigenvalue weighted by atomic mass is 10.1. The summed E-state index contributed by atoms with van der Waals surface area (Å²) in [5, 5.41) is 6.34. The molecule has 0 bridgehead atoms. The highest BCUT2D eigenvalue weighted by Gasteiger charge is 2.14. The fourth-order valence-electron chi connectivity index (χ4n) is 2.05. The van der Waals surface area contributed by atoms with Crippen LogP contribution < -0.4 is 10.6 Å². The number of thioether (sulfide) groups is 1. The van der Waals surface area contributed by atoms with E-state index >= 15 is 0 Å². The Kier molecular flexibility index (Phi) is 4.93. The van der Waals surface area contributed by atoms with Crippen LogP contribution in [0.5, 0.6) is 0 Å². The van der Waals surface area contributed by atoms with Gasteiger partial charge in [-0.2, -0.15) is 11.8 Å². The van der Waals surface area contributed by atoms with Crippen LogP contribution in [0, 0.1) is 0 Å². The van der Waals surface area contributed by atoms with Crippen LogP contribution in [0.15, 0.2) is 24.3 Å². The molecule has 0 radical (unpaired) electrons. The van der Waals surface area contributed by atoms with Crippen LogP contribution in [0.4, 0.5) is 5.69 Å². The van der Waals surface area contributed by atoms with E-state index in [9.17, 15) is 4.79 Å². The first-order valence-electron chi connectivity index (χ1n) is 6.48. The molecule has 1 atom stereocenters. The van der Waals surface area contributed by atoms with E-state index in [4.69, 9.17) is 0 Å². The number of anilines is 1. The van der Waals surface area contributed by atoms with E-state index in [-0.39, 0.29) is 5.91 Å². The van der Waals surface area contributed by atoms with E-state index in [1.165, 1.54) is 17.9 Å². The number of nitrogens with one attached hydrogen (secondary N) is 2. The average Bonchev–Trinajstić information content (AvgIpc) is 2.85. The predicted molar refractivity (Wildman–Crippen MR) is 78.2 cm³/mol.